The first kappa shape index (κ1) is 15.6. The average molecular weight is 324 g/mol. The highest BCUT2D eigenvalue weighted by Gasteiger charge is 2.08. The average Bonchev–Trinajstić information content (AvgIpc) is 2.46. The summed E-state index contributed by atoms with van der Waals surface area (Å²) in [6, 6.07) is 8.88. The van der Waals surface area contributed by atoms with Crippen LogP contribution in [0.5, 0.6) is 0 Å². The quantitative estimate of drug-likeness (QED) is 0.855. The van der Waals surface area contributed by atoms with Crippen molar-refractivity contribution in [1.82, 2.24) is 4.98 Å². The lowest BCUT2D eigenvalue weighted by Gasteiger charge is -2.10. The molecule has 0 aliphatic carbocycles. The zero-order valence-electron chi connectivity index (χ0n) is 11.7. The Bertz CT molecular complexity index is 642. The SMILES string of the molecule is CC(C)C(=O)Nc1ccc(Nc2cccc(Cl)c2Cl)cn1. The van der Waals surface area contributed by atoms with Crippen LogP contribution in [0.3, 0.4) is 0 Å². The Balaban J connectivity index is 2.09. The summed E-state index contributed by atoms with van der Waals surface area (Å²) in [6.07, 6.45) is 1.62. The monoisotopic (exact) mass is 323 g/mol. The first-order chi connectivity index (χ1) is 9.97. The molecular weight excluding hydrogens is 309 g/mol. The lowest BCUT2D eigenvalue weighted by atomic mass is 10.2. The topological polar surface area (TPSA) is 54.0 Å². The third kappa shape index (κ3) is 4.09. The van der Waals surface area contributed by atoms with E-state index in [1.165, 1.54) is 0 Å². The Labute approximate surface area is 133 Å². The third-order valence-corrected chi connectivity index (χ3v) is 3.59. The zero-order chi connectivity index (χ0) is 15.4. The maximum atomic E-state index is 11.6. The number of carbonyl (C=O) groups excluding carboxylic acids is 1. The molecule has 110 valence electrons. The van der Waals surface area contributed by atoms with Crippen LogP contribution in [0.1, 0.15) is 13.8 Å². The van der Waals surface area contributed by atoms with Gasteiger partial charge < -0.3 is 10.6 Å². The van der Waals surface area contributed by atoms with E-state index in [-0.39, 0.29) is 11.8 Å². The van der Waals surface area contributed by atoms with E-state index < -0.39 is 0 Å². The van der Waals surface area contributed by atoms with Crippen LogP contribution in [0, 0.1) is 5.92 Å². The van der Waals surface area contributed by atoms with Crippen LogP contribution in [-0.4, -0.2) is 10.9 Å². The number of amides is 1. The van der Waals surface area contributed by atoms with Gasteiger partial charge in [0.05, 0.1) is 27.6 Å². The molecule has 2 N–H and O–H groups in total. The van der Waals surface area contributed by atoms with E-state index in [1.54, 1.807) is 30.5 Å². The van der Waals surface area contributed by atoms with Gasteiger partial charge in [-0.15, -0.1) is 0 Å². The fraction of sp³-hybridized carbons (Fsp3) is 0.200. The molecule has 1 amide bonds. The predicted molar refractivity (Wildman–Crippen MR) is 87.4 cm³/mol. The Kier molecular flexibility index (Phi) is 5.04. The number of nitrogens with one attached hydrogen (secondary N) is 2. The molecule has 0 aliphatic rings. The first-order valence-corrected chi connectivity index (χ1v) is 7.21. The summed E-state index contributed by atoms with van der Waals surface area (Å²) in [5.41, 5.74) is 1.45. The number of hydrogen-bond donors (Lipinski definition) is 2. The summed E-state index contributed by atoms with van der Waals surface area (Å²) in [4.78, 5) is 15.8. The van der Waals surface area contributed by atoms with Crippen molar-refractivity contribution < 1.29 is 4.79 Å². The molecule has 0 spiro atoms. The molecule has 0 fully saturated rings. The van der Waals surface area contributed by atoms with Crippen LogP contribution in [0.4, 0.5) is 17.2 Å². The third-order valence-electron chi connectivity index (χ3n) is 2.77. The number of pyridine rings is 1. The van der Waals surface area contributed by atoms with E-state index in [0.717, 1.165) is 5.69 Å². The zero-order valence-corrected chi connectivity index (χ0v) is 13.2. The number of hydrogen-bond acceptors (Lipinski definition) is 3. The molecule has 0 saturated carbocycles. The Morgan fingerprint density at radius 3 is 2.57 bits per heavy atom. The molecule has 0 aliphatic heterocycles. The molecule has 4 nitrogen and oxygen atoms in total. The van der Waals surface area contributed by atoms with Gasteiger partial charge in [0.25, 0.3) is 0 Å². The molecule has 1 aromatic carbocycles. The number of benzene rings is 1. The smallest absolute Gasteiger partial charge is 0.228 e. The molecule has 21 heavy (non-hydrogen) atoms. The number of anilines is 3. The second-order valence-corrected chi connectivity index (χ2v) is 5.59. The molecule has 0 saturated heterocycles. The standard InChI is InChI=1S/C15H15Cl2N3O/c1-9(2)15(21)20-13-7-6-10(8-18-13)19-12-5-3-4-11(16)14(12)17/h3-9,19H,1-2H3,(H,18,20,21). The minimum atomic E-state index is -0.0881. The maximum absolute atomic E-state index is 11.6. The van der Waals surface area contributed by atoms with Crippen LogP contribution in [0.15, 0.2) is 36.5 Å². The highest BCUT2D eigenvalue weighted by atomic mass is 35.5. The van der Waals surface area contributed by atoms with Crippen molar-refractivity contribution in [2.75, 3.05) is 10.6 Å². The number of rotatable bonds is 4. The van der Waals surface area contributed by atoms with Gasteiger partial charge in [0.2, 0.25) is 5.91 Å². The Morgan fingerprint density at radius 2 is 1.95 bits per heavy atom. The minimum absolute atomic E-state index is 0.0684. The molecule has 0 radical (unpaired) electrons. The highest BCUT2D eigenvalue weighted by molar-refractivity contribution is 6.43. The summed E-state index contributed by atoms with van der Waals surface area (Å²) in [5.74, 6) is 0.354. The van der Waals surface area contributed by atoms with Crippen molar-refractivity contribution in [1.29, 1.82) is 0 Å². The maximum Gasteiger partial charge on any atom is 0.228 e. The van der Waals surface area contributed by atoms with Gasteiger partial charge in [-0.1, -0.05) is 43.1 Å². The van der Waals surface area contributed by atoms with Crippen LogP contribution in [0.25, 0.3) is 0 Å². The number of nitrogens with zero attached hydrogens (tertiary/aromatic N) is 1. The van der Waals surface area contributed by atoms with E-state index in [0.29, 0.717) is 21.6 Å². The van der Waals surface area contributed by atoms with Gasteiger partial charge in [0.1, 0.15) is 5.82 Å². The lowest BCUT2D eigenvalue weighted by Crippen LogP contribution is -2.18. The fourth-order valence-corrected chi connectivity index (χ4v) is 1.92. The van der Waals surface area contributed by atoms with E-state index in [4.69, 9.17) is 23.2 Å². The summed E-state index contributed by atoms with van der Waals surface area (Å²) in [6.45, 7) is 3.65. The van der Waals surface area contributed by atoms with E-state index in [9.17, 15) is 4.79 Å². The van der Waals surface area contributed by atoms with Crippen molar-refractivity contribution in [3.8, 4) is 0 Å². The van der Waals surface area contributed by atoms with Crippen molar-refractivity contribution in [3.63, 3.8) is 0 Å². The van der Waals surface area contributed by atoms with Gasteiger partial charge in [-0.05, 0) is 24.3 Å². The second-order valence-electron chi connectivity index (χ2n) is 4.80. The largest absolute Gasteiger partial charge is 0.353 e. The van der Waals surface area contributed by atoms with Gasteiger partial charge in [-0.2, -0.15) is 0 Å². The van der Waals surface area contributed by atoms with Crippen molar-refractivity contribution >= 4 is 46.3 Å². The number of aromatic nitrogens is 1. The van der Waals surface area contributed by atoms with Crippen molar-refractivity contribution in [3.05, 3.63) is 46.6 Å². The Hall–Kier alpha value is -1.78. The van der Waals surface area contributed by atoms with Gasteiger partial charge in [-0.3, -0.25) is 4.79 Å². The number of carbonyl (C=O) groups is 1. The van der Waals surface area contributed by atoms with Crippen LogP contribution >= 0.6 is 23.2 Å². The van der Waals surface area contributed by atoms with Gasteiger partial charge >= 0.3 is 0 Å². The first-order valence-electron chi connectivity index (χ1n) is 6.45. The molecule has 0 unspecified atom stereocenters. The Morgan fingerprint density at radius 1 is 1.19 bits per heavy atom. The molecule has 1 aromatic heterocycles. The molecule has 2 rings (SSSR count). The summed E-state index contributed by atoms with van der Waals surface area (Å²) in [5, 5.41) is 6.79. The van der Waals surface area contributed by atoms with E-state index >= 15 is 0 Å². The molecular formula is C15H15Cl2N3O. The van der Waals surface area contributed by atoms with Gasteiger partial charge in [-0.25, -0.2) is 4.98 Å². The van der Waals surface area contributed by atoms with Crippen molar-refractivity contribution in [2.24, 2.45) is 5.92 Å². The van der Waals surface area contributed by atoms with Crippen molar-refractivity contribution in [2.45, 2.75) is 13.8 Å². The van der Waals surface area contributed by atoms with E-state index in [1.807, 2.05) is 19.9 Å². The van der Waals surface area contributed by atoms with Gasteiger partial charge in [0, 0.05) is 5.92 Å². The predicted octanol–water partition coefficient (Wildman–Crippen LogP) is 4.73. The summed E-state index contributed by atoms with van der Waals surface area (Å²) >= 11 is 12.1. The second kappa shape index (κ2) is 6.78. The summed E-state index contributed by atoms with van der Waals surface area (Å²) in [7, 11) is 0. The fourth-order valence-electron chi connectivity index (χ4n) is 1.57. The van der Waals surface area contributed by atoms with Crippen LogP contribution < -0.4 is 10.6 Å². The summed E-state index contributed by atoms with van der Waals surface area (Å²) < 4.78 is 0. The van der Waals surface area contributed by atoms with E-state index in [2.05, 4.69) is 15.6 Å². The molecule has 6 heteroatoms. The minimum Gasteiger partial charge on any atom is -0.353 e. The molecule has 1 heterocycles. The van der Waals surface area contributed by atoms with Crippen LogP contribution in [0.2, 0.25) is 10.0 Å². The number of halogens is 2. The van der Waals surface area contributed by atoms with Gasteiger partial charge in [0.15, 0.2) is 0 Å². The molecule has 0 atom stereocenters. The highest BCUT2D eigenvalue weighted by Crippen LogP contribution is 2.31. The molecule has 2 aromatic rings. The molecule has 0 bridgehead atoms. The lowest BCUT2D eigenvalue weighted by molar-refractivity contribution is -0.118. The van der Waals surface area contributed by atoms with Crippen LogP contribution in [-0.2, 0) is 4.79 Å². The normalized spacial score (nSPS) is 10.5.